The van der Waals surface area contributed by atoms with Crippen molar-refractivity contribution >= 4 is 23.2 Å². The van der Waals surface area contributed by atoms with E-state index in [2.05, 4.69) is 20.6 Å². The molecule has 148 valence electrons. The van der Waals surface area contributed by atoms with Gasteiger partial charge in [-0.15, -0.1) is 0 Å². The molecule has 0 unspecified atom stereocenters. The molecule has 0 aliphatic carbocycles. The normalized spacial score (nSPS) is 10.3. The molecule has 4 aromatic rings. The molecule has 1 aromatic heterocycles. The molecule has 6 heteroatoms. The topological polar surface area (TPSA) is 76.1 Å². The van der Waals surface area contributed by atoms with E-state index < -0.39 is 0 Å². The Morgan fingerprint density at radius 1 is 0.767 bits per heavy atom. The second-order valence-electron chi connectivity index (χ2n) is 6.54. The van der Waals surface area contributed by atoms with E-state index in [9.17, 15) is 4.79 Å². The number of carbonyl (C=O) groups excluding carboxylic acids is 1. The lowest BCUT2D eigenvalue weighted by molar-refractivity contribution is 0.102. The summed E-state index contributed by atoms with van der Waals surface area (Å²) in [6.07, 6.45) is 2.98. The molecule has 1 amide bonds. The molecule has 4 rings (SSSR count). The number of ether oxygens (including phenoxy) is 1. The molecule has 0 bridgehead atoms. The van der Waals surface area contributed by atoms with Crippen molar-refractivity contribution in [3.8, 4) is 5.75 Å². The van der Waals surface area contributed by atoms with Gasteiger partial charge in [-0.05, 0) is 42.0 Å². The third-order valence-corrected chi connectivity index (χ3v) is 4.30. The lowest BCUT2D eigenvalue weighted by atomic mass is 10.2. The van der Waals surface area contributed by atoms with Crippen molar-refractivity contribution in [1.82, 2.24) is 9.97 Å². The number of aromatic nitrogens is 2. The molecule has 0 aliphatic heterocycles. The fourth-order valence-corrected chi connectivity index (χ4v) is 2.74. The van der Waals surface area contributed by atoms with Crippen LogP contribution < -0.4 is 15.4 Å². The highest BCUT2D eigenvalue weighted by Crippen LogP contribution is 2.18. The Balaban J connectivity index is 1.32. The van der Waals surface area contributed by atoms with E-state index in [4.69, 9.17) is 4.74 Å². The molecule has 6 nitrogen and oxygen atoms in total. The van der Waals surface area contributed by atoms with Gasteiger partial charge in [-0.25, -0.2) is 9.97 Å². The quantitative estimate of drug-likeness (QED) is 0.457. The number of benzene rings is 3. The number of rotatable bonds is 7. The lowest BCUT2D eigenvalue weighted by Crippen LogP contribution is -2.13. The molecule has 30 heavy (non-hydrogen) atoms. The van der Waals surface area contributed by atoms with Crippen LogP contribution in [0.25, 0.3) is 0 Å². The Morgan fingerprint density at radius 3 is 2.07 bits per heavy atom. The first-order chi connectivity index (χ1) is 14.8. The molecule has 0 fully saturated rings. The van der Waals surface area contributed by atoms with Crippen LogP contribution in [0.5, 0.6) is 5.75 Å². The number of carbonyl (C=O) groups is 1. The number of nitrogens with one attached hydrogen (secondary N) is 2. The zero-order valence-corrected chi connectivity index (χ0v) is 16.2. The van der Waals surface area contributed by atoms with E-state index >= 15 is 0 Å². The van der Waals surface area contributed by atoms with Crippen LogP contribution in [-0.2, 0) is 6.61 Å². The standard InChI is InChI=1S/C24H20N4O2/c29-23(19-15-25-24(26-16-19)28-20-9-5-2-6-10-20)27-21-11-13-22(14-12-21)30-17-18-7-3-1-4-8-18/h1-16H,17H2,(H,27,29)(H,25,26,28). The summed E-state index contributed by atoms with van der Waals surface area (Å²) in [5.74, 6) is 0.883. The second-order valence-corrected chi connectivity index (χ2v) is 6.54. The minimum atomic E-state index is -0.279. The highest BCUT2D eigenvalue weighted by molar-refractivity contribution is 6.03. The van der Waals surface area contributed by atoms with Gasteiger partial charge in [-0.2, -0.15) is 0 Å². The summed E-state index contributed by atoms with van der Waals surface area (Å²) in [4.78, 5) is 20.8. The van der Waals surface area contributed by atoms with Crippen molar-refractivity contribution < 1.29 is 9.53 Å². The molecule has 0 saturated carbocycles. The number of amides is 1. The molecule has 0 spiro atoms. The van der Waals surface area contributed by atoms with E-state index in [-0.39, 0.29) is 5.91 Å². The number of anilines is 3. The second kappa shape index (κ2) is 9.34. The summed E-state index contributed by atoms with van der Waals surface area (Å²) in [6.45, 7) is 0.493. The van der Waals surface area contributed by atoms with E-state index in [0.29, 0.717) is 23.8 Å². The first-order valence-electron chi connectivity index (χ1n) is 9.48. The summed E-state index contributed by atoms with van der Waals surface area (Å²) in [5, 5.41) is 5.92. The summed E-state index contributed by atoms with van der Waals surface area (Å²) in [5.41, 5.74) is 3.01. The minimum absolute atomic E-state index is 0.279. The van der Waals surface area contributed by atoms with Crippen LogP contribution in [-0.4, -0.2) is 15.9 Å². The first kappa shape index (κ1) is 19.1. The molecule has 1 heterocycles. The average molecular weight is 396 g/mol. The summed E-state index contributed by atoms with van der Waals surface area (Å²) in [7, 11) is 0. The fraction of sp³-hybridized carbons (Fsp3) is 0.0417. The Hall–Kier alpha value is -4.19. The van der Waals surface area contributed by atoms with E-state index in [0.717, 1.165) is 17.0 Å². The van der Waals surface area contributed by atoms with E-state index in [1.54, 1.807) is 12.1 Å². The van der Waals surface area contributed by atoms with Gasteiger partial charge in [0.05, 0.1) is 5.56 Å². The summed E-state index contributed by atoms with van der Waals surface area (Å²) < 4.78 is 5.76. The lowest BCUT2D eigenvalue weighted by Gasteiger charge is -2.09. The fourth-order valence-electron chi connectivity index (χ4n) is 2.74. The average Bonchev–Trinajstić information content (AvgIpc) is 2.80. The van der Waals surface area contributed by atoms with Crippen LogP contribution in [0, 0.1) is 0 Å². The van der Waals surface area contributed by atoms with Crippen LogP contribution in [0.2, 0.25) is 0 Å². The van der Waals surface area contributed by atoms with Crippen LogP contribution in [0.4, 0.5) is 17.3 Å². The van der Waals surface area contributed by atoms with Gasteiger partial charge >= 0.3 is 0 Å². The third-order valence-electron chi connectivity index (χ3n) is 4.30. The van der Waals surface area contributed by atoms with Crippen molar-refractivity contribution in [2.75, 3.05) is 10.6 Å². The Bertz CT molecular complexity index is 1080. The van der Waals surface area contributed by atoms with Crippen LogP contribution in [0.1, 0.15) is 15.9 Å². The predicted molar refractivity (Wildman–Crippen MR) is 117 cm³/mol. The van der Waals surface area contributed by atoms with Gasteiger partial charge in [0.1, 0.15) is 12.4 Å². The van der Waals surface area contributed by atoms with Crippen LogP contribution in [0.15, 0.2) is 97.3 Å². The van der Waals surface area contributed by atoms with Gasteiger partial charge in [-0.3, -0.25) is 4.79 Å². The highest BCUT2D eigenvalue weighted by Gasteiger charge is 2.08. The third kappa shape index (κ3) is 5.20. The zero-order chi connectivity index (χ0) is 20.6. The Labute approximate surface area is 174 Å². The molecule has 2 N–H and O–H groups in total. The van der Waals surface area contributed by atoms with Gasteiger partial charge < -0.3 is 15.4 Å². The maximum atomic E-state index is 12.4. The van der Waals surface area contributed by atoms with Crippen molar-refractivity contribution in [2.24, 2.45) is 0 Å². The molecule has 0 radical (unpaired) electrons. The van der Waals surface area contributed by atoms with Crippen molar-refractivity contribution in [3.63, 3.8) is 0 Å². The minimum Gasteiger partial charge on any atom is -0.489 e. The molecule has 0 aliphatic rings. The van der Waals surface area contributed by atoms with Crippen LogP contribution >= 0.6 is 0 Å². The van der Waals surface area contributed by atoms with Crippen LogP contribution in [0.3, 0.4) is 0 Å². The number of hydrogen-bond donors (Lipinski definition) is 2. The smallest absolute Gasteiger partial charge is 0.258 e. The van der Waals surface area contributed by atoms with Gasteiger partial charge in [0.15, 0.2) is 0 Å². The molecule has 3 aromatic carbocycles. The SMILES string of the molecule is O=C(Nc1ccc(OCc2ccccc2)cc1)c1cnc(Nc2ccccc2)nc1. The van der Waals surface area contributed by atoms with Gasteiger partial charge in [0.25, 0.3) is 5.91 Å². The monoisotopic (exact) mass is 396 g/mol. The predicted octanol–water partition coefficient (Wildman–Crippen LogP) is 5.05. The first-order valence-corrected chi connectivity index (χ1v) is 9.48. The van der Waals surface area contributed by atoms with Gasteiger partial charge in [0, 0.05) is 23.8 Å². The molecule has 0 saturated heterocycles. The molecular formula is C24H20N4O2. The number of nitrogens with zero attached hydrogens (tertiary/aromatic N) is 2. The number of hydrogen-bond acceptors (Lipinski definition) is 5. The molecular weight excluding hydrogens is 376 g/mol. The van der Waals surface area contributed by atoms with Gasteiger partial charge in [0.2, 0.25) is 5.95 Å². The van der Waals surface area contributed by atoms with Crippen molar-refractivity contribution in [1.29, 1.82) is 0 Å². The zero-order valence-electron chi connectivity index (χ0n) is 16.2. The summed E-state index contributed by atoms with van der Waals surface area (Å²) >= 11 is 0. The van der Waals surface area contributed by atoms with Crippen molar-refractivity contribution in [3.05, 3.63) is 108 Å². The Kier molecular flexibility index (Phi) is 5.96. The highest BCUT2D eigenvalue weighted by atomic mass is 16.5. The number of para-hydroxylation sites is 1. The maximum absolute atomic E-state index is 12.4. The molecule has 0 atom stereocenters. The largest absolute Gasteiger partial charge is 0.489 e. The van der Waals surface area contributed by atoms with E-state index in [1.807, 2.05) is 72.8 Å². The summed E-state index contributed by atoms with van der Waals surface area (Å²) in [6, 6.07) is 26.8. The van der Waals surface area contributed by atoms with Gasteiger partial charge in [-0.1, -0.05) is 48.5 Å². The maximum Gasteiger partial charge on any atom is 0.258 e. The van der Waals surface area contributed by atoms with Crippen molar-refractivity contribution in [2.45, 2.75) is 6.61 Å². The van der Waals surface area contributed by atoms with E-state index in [1.165, 1.54) is 12.4 Å². The Morgan fingerprint density at radius 2 is 1.40 bits per heavy atom.